The predicted octanol–water partition coefficient (Wildman–Crippen LogP) is 4.45. The van der Waals surface area contributed by atoms with Crippen LogP contribution < -0.4 is 0 Å². The van der Waals surface area contributed by atoms with Crippen molar-refractivity contribution in [2.24, 2.45) is 0 Å². The van der Waals surface area contributed by atoms with E-state index < -0.39 is 5.97 Å². The number of benzene rings is 2. The van der Waals surface area contributed by atoms with E-state index in [1.165, 1.54) is 6.08 Å². The first kappa shape index (κ1) is 12.9. The summed E-state index contributed by atoms with van der Waals surface area (Å²) in [7, 11) is 0. The molecule has 0 radical (unpaired) electrons. The third-order valence-corrected chi connectivity index (χ3v) is 3.91. The van der Waals surface area contributed by atoms with Crippen molar-refractivity contribution >= 4 is 23.1 Å². The first-order chi connectivity index (χ1) is 9.49. The molecular weight excluding hydrogens is 272 g/mol. The number of hydrogen-bond acceptors (Lipinski definition) is 1. The maximum atomic E-state index is 11.1. The Hall–Kier alpha value is -2.06. The number of carboxylic acid groups (broad SMARTS) is 1. The Balaban J connectivity index is 2.45. The molecule has 0 aliphatic heterocycles. The van der Waals surface area contributed by atoms with Crippen LogP contribution >= 0.6 is 11.6 Å². The van der Waals surface area contributed by atoms with Crippen LogP contribution in [0, 0.1) is 13.8 Å². The van der Waals surface area contributed by atoms with E-state index in [2.05, 4.69) is 12.1 Å². The van der Waals surface area contributed by atoms with Gasteiger partial charge in [0.1, 0.15) is 0 Å². The molecular formula is C17H13ClO2. The van der Waals surface area contributed by atoms with Gasteiger partial charge >= 0.3 is 5.97 Å². The minimum atomic E-state index is -0.946. The second kappa shape index (κ2) is 4.50. The number of aliphatic carboxylic acids is 1. The Bertz CT molecular complexity index is 773. The molecule has 3 rings (SSSR count). The van der Waals surface area contributed by atoms with E-state index >= 15 is 0 Å². The van der Waals surface area contributed by atoms with Gasteiger partial charge in [-0.05, 0) is 47.7 Å². The summed E-state index contributed by atoms with van der Waals surface area (Å²) in [6.07, 6.45) is 1.27. The number of rotatable bonds is 1. The quantitative estimate of drug-likeness (QED) is 0.670. The van der Waals surface area contributed by atoms with Crippen LogP contribution in [0.15, 0.2) is 36.4 Å². The van der Waals surface area contributed by atoms with Gasteiger partial charge in [0.25, 0.3) is 0 Å². The van der Waals surface area contributed by atoms with Gasteiger partial charge in [-0.1, -0.05) is 41.4 Å². The Morgan fingerprint density at radius 3 is 2.60 bits per heavy atom. The molecule has 0 saturated heterocycles. The lowest BCUT2D eigenvalue weighted by molar-refractivity contribution is -0.131. The van der Waals surface area contributed by atoms with Crippen molar-refractivity contribution in [2.45, 2.75) is 13.8 Å². The molecule has 0 heterocycles. The van der Waals surface area contributed by atoms with Crippen molar-refractivity contribution in [3.05, 3.63) is 63.7 Å². The SMILES string of the molecule is Cc1cc(C)c2c(c1)-c1c(Cl)cccc1/C2=C/C(=O)O. The van der Waals surface area contributed by atoms with Gasteiger partial charge in [0.15, 0.2) is 0 Å². The second-order valence-corrected chi connectivity index (χ2v) is 5.47. The first-order valence-corrected chi connectivity index (χ1v) is 6.72. The van der Waals surface area contributed by atoms with Gasteiger partial charge in [0.2, 0.25) is 0 Å². The molecule has 0 unspecified atom stereocenters. The van der Waals surface area contributed by atoms with E-state index in [4.69, 9.17) is 16.7 Å². The van der Waals surface area contributed by atoms with Crippen molar-refractivity contribution in [1.29, 1.82) is 0 Å². The van der Waals surface area contributed by atoms with E-state index in [1.807, 2.05) is 32.0 Å². The molecule has 0 aromatic heterocycles. The summed E-state index contributed by atoms with van der Waals surface area (Å²) in [6.45, 7) is 4.03. The summed E-state index contributed by atoms with van der Waals surface area (Å²) in [4.78, 5) is 11.1. The van der Waals surface area contributed by atoms with Gasteiger partial charge in [-0.3, -0.25) is 0 Å². The normalized spacial score (nSPS) is 14.2. The largest absolute Gasteiger partial charge is 0.478 e. The van der Waals surface area contributed by atoms with E-state index in [0.717, 1.165) is 39.0 Å². The fraction of sp³-hybridized carbons (Fsp3) is 0.118. The lowest BCUT2D eigenvalue weighted by Gasteiger charge is -2.07. The van der Waals surface area contributed by atoms with Gasteiger partial charge in [-0.15, -0.1) is 0 Å². The van der Waals surface area contributed by atoms with Crippen LogP contribution in [0.4, 0.5) is 0 Å². The Labute approximate surface area is 122 Å². The fourth-order valence-electron chi connectivity index (χ4n) is 2.95. The zero-order chi connectivity index (χ0) is 14.4. The molecule has 100 valence electrons. The molecule has 3 heteroatoms. The highest BCUT2D eigenvalue weighted by Gasteiger charge is 2.27. The number of carbonyl (C=O) groups is 1. The van der Waals surface area contributed by atoms with Crippen molar-refractivity contribution < 1.29 is 9.90 Å². The average Bonchev–Trinajstić information content (AvgIpc) is 2.64. The molecule has 2 aromatic rings. The molecule has 1 aliphatic rings. The van der Waals surface area contributed by atoms with Crippen molar-refractivity contribution in [2.75, 3.05) is 0 Å². The smallest absolute Gasteiger partial charge is 0.328 e. The van der Waals surface area contributed by atoms with Gasteiger partial charge in [-0.2, -0.15) is 0 Å². The fourth-order valence-corrected chi connectivity index (χ4v) is 3.23. The van der Waals surface area contributed by atoms with Crippen LogP contribution in [0.25, 0.3) is 16.7 Å². The number of aryl methyl sites for hydroxylation is 2. The zero-order valence-electron chi connectivity index (χ0n) is 11.2. The summed E-state index contributed by atoms with van der Waals surface area (Å²) in [5, 5.41) is 9.79. The highest BCUT2D eigenvalue weighted by atomic mass is 35.5. The molecule has 0 spiro atoms. The molecule has 1 aliphatic carbocycles. The maximum absolute atomic E-state index is 11.1. The number of halogens is 1. The van der Waals surface area contributed by atoms with Crippen molar-refractivity contribution in [1.82, 2.24) is 0 Å². The third-order valence-electron chi connectivity index (χ3n) is 3.59. The summed E-state index contributed by atoms with van der Waals surface area (Å²) >= 11 is 6.33. The topological polar surface area (TPSA) is 37.3 Å². The van der Waals surface area contributed by atoms with Crippen LogP contribution in [0.5, 0.6) is 0 Å². The van der Waals surface area contributed by atoms with Crippen molar-refractivity contribution in [3.8, 4) is 11.1 Å². The molecule has 0 amide bonds. The van der Waals surface area contributed by atoms with E-state index in [-0.39, 0.29) is 0 Å². The van der Waals surface area contributed by atoms with Gasteiger partial charge in [0, 0.05) is 16.7 Å². The Kier molecular flexibility index (Phi) is 2.91. The van der Waals surface area contributed by atoms with Crippen LogP contribution in [-0.4, -0.2) is 11.1 Å². The van der Waals surface area contributed by atoms with E-state index in [0.29, 0.717) is 5.02 Å². The average molecular weight is 285 g/mol. The molecule has 0 atom stereocenters. The molecule has 1 N–H and O–H groups in total. The second-order valence-electron chi connectivity index (χ2n) is 5.06. The van der Waals surface area contributed by atoms with Crippen LogP contribution in [0.2, 0.25) is 5.02 Å². The summed E-state index contributed by atoms with van der Waals surface area (Å²) in [5.41, 5.74) is 6.77. The molecule has 0 fully saturated rings. The lowest BCUT2D eigenvalue weighted by atomic mass is 9.97. The standard InChI is InChI=1S/C17H13ClO2/c1-9-6-10(2)16-12(8-15(19)20)11-4-3-5-14(18)17(11)13(16)7-9/h3-8H,1-2H3,(H,19,20)/b12-8-. The van der Waals surface area contributed by atoms with Crippen LogP contribution in [0.3, 0.4) is 0 Å². The Morgan fingerprint density at radius 1 is 1.15 bits per heavy atom. The molecule has 2 nitrogen and oxygen atoms in total. The van der Waals surface area contributed by atoms with E-state index in [1.54, 1.807) is 0 Å². The first-order valence-electron chi connectivity index (χ1n) is 6.34. The van der Waals surface area contributed by atoms with E-state index in [9.17, 15) is 4.79 Å². The van der Waals surface area contributed by atoms with Gasteiger partial charge in [0.05, 0.1) is 0 Å². The minimum absolute atomic E-state index is 0.655. The predicted molar refractivity (Wildman–Crippen MR) is 81.1 cm³/mol. The van der Waals surface area contributed by atoms with Crippen LogP contribution in [-0.2, 0) is 4.79 Å². The summed E-state index contributed by atoms with van der Waals surface area (Å²) in [5.74, 6) is -0.946. The molecule has 0 saturated carbocycles. The van der Waals surface area contributed by atoms with Crippen molar-refractivity contribution in [3.63, 3.8) is 0 Å². The highest BCUT2D eigenvalue weighted by molar-refractivity contribution is 6.34. The Morgan fingerprint density at radius 2 is 1.90 bits per heavy atom. The molecule has 20 heavy (non-hydrogen) atoms. The monoisotopic (exact) mass is 284 g/mol. The number of carboxylic acids is 1. The summed E-state index contributed by atoms with van der Waals surface area (Å²) < 4.78 is 0. The minimum Gasteiger partial charge on any atom is -0.478 e. The maximum Gasteiger partial charge on any atom is 0.328 e. The highest BCUT2D eigenvalue weighted by Crippen LogP contribution is 2.48. The lowest BCUT2D eigenvalue weighted by Crippen LogP contribution is -1.93. The number of hydrogen-bond donors (Lipinski definition) is 1. The number of fused-ring (bicyclic) bond motifs is 3. The van der Waals surface area contributed by atoms with Crippen LogP contribution in [0.1, 0.15) is 22.3 Å². The molecule has 0 bridgehead atoms. The third kappa shape index (κ3) is 1.84. The zero-order valence-corrected chi connectivity index (χ0v) is 12.0. The van der Waals surface area contributed by atoms with Gasteiger partial charge in [-0.25, -0.2) is 4.79 Å². The summed E-state index contributed by atoms with van der Waals surface area (Å²) in [6, 6.07) is 9.74. The molecule has 2 aromatic carbocycles. The van der Waals surface area contributed by atoms with Gasteiger partial charge < -0.3 is 5.11 Å².